The molecule has 1 amide bonds. The van der Waals surface area contributed by atoms with Crippen LogP contribution < -0.4 is 5.32 Å². The van der Waals surface area contributed by atoms with Gasteiger partial charge in [-0.3, -0.25) is 14.4 Å². The summed E-state index contributed by atoms with van der Waals surface area (Å²) in [4.78, 5) is 32.4. The standard InChI is InChI=1S/C9H15NO4S/c1-6(5-15)9(14)10-4-7(11)2-3-8(12)13/h6,15H,2-5H2,1H3,(H,10,14)(H,12,13). The third kappa shape index (κ3) is 6.96. The molecule has 0 aliphatic rings. The average Bonchev–Trinajstić information content (AvgIpc) is 2.21. The van der Waals surface area contributed by atoms with Gasteiger partial charge in [0.05, 0.1) is 13.0 Å². The van der Waals surface area contributed by atoms with Crippen LogP contribution >= 0.6 is 12.6 Å². The number of carboxylic acids is 1. The molecule has 0 aromatic carbocycles. The summed E-state index contributed by atoms with van der Waals surface area (Å²) >= 11 is 3.94. The molecule has 0 aliphatic heterocycles. The SMILES string of the molecule is CC(CS)C(=O)NCC(=O)CCC(=O)O. The summed E-state index contributed by atoms with van der Waals surface area (Å²) in [5, 5.41) is 10.7. The van der Waals surface area contributed by atoms with Gasteiger partial charge in [-0.25, -0.2) is 0 Å². The topological polar surface area (TPSA) is 83.5 Å². The lowest BCUT2D eigenvalue weighted by molar-refractivity contribution is -0.138. The minimum Gasteiger partial charge on any atom is -0.481 e. The third-order valence-corrected chi connectivity index (χ3v) is 2.35. The van der Waals surface area contributed by atoms with Crippen LogP contribution in [0.15, 0.2) is 0 Å². The molecule has 0 aromatic rings. The smallest absolute Gasteiger partial charge is 0.303 e. The van der Waals surface area contributed by atoms with E-state index in [0.717, 1.165) is 0 Å². The zero-order valence-electron chi connectivity index (χ0n) is 8.52. The van der Waals surface area contributed by atoms with Crippen molar-refractivity contribution < 1.29 is 19.5 Å². The molecule has 1 unspecified atom stereocenters. The van der Waals surface area contributed by atoms with Crippen molar-refractivity contribution >= 4 is 30.3 Å². The molecule has 0 heterocycles. The van der Waals surface area contributed by atoms with Crippen LogP contribution in [0.4, 0.5) is 0 Å². The number of carbonyl (C=O) groups is 3. The number of aliphatic carboxylic acids is 1. The summed E-state index contributed by atoms with van der Waals surface area (Å²) in [6, 6.07) is 0. The van der Waals surface area contributed by atoms with Crippen molar-refractivity contribution in [2.75, 3.05) is 12.3 Å². The van der Waals surface area contributed by atoms with Gasteiger partial charge in [-0.2, -0.15) is 12.6 Å². The van der Waals surface area contributed by atoms with E-state index in [1.165, 1.54) is 0 Å². The minimum absolute atomic E-state index is 0.0507. The van der Waals surface area contributed by atoms with Gasteiger partial charge in [0.15, 0.2) is 5.78 Å². The lowest BCUT2D eigenvalue weighted by atomic mass is 10.2. The van der Waals surface area contributed by atoms with E-state index in [1.807, 2.05) is 0 Å². The second-order valence-corrected chi connectivity index (χ2v) is 3.60. The number of ketones is 1. The number of carboxylic acid groups (broad SMARTS) is 1. The Labute approximate surface area is 93.6 Å². The van der Waals surface area contributed by atoms with Crippen molar-refractivity contribution in [3.8, 4) is 0 Å². The normalized spacial score (nSPS) is 11.9. The molecule has 2 N–H and O–H groups in total. The largest absolute Gasteiger partial charge is 0.481 e. The summed E-state index contributed by atoms with van der Waals surface area (Å²) < 4.78 is 0. The first kappa shape index (κ1) is 14.0. The lowest BCUT2D eigenvalue weighted by Crippen LogP contribution is -2.34. The van der Waals surface area contributed by atoms with Crippen LogP contribution in [0.1, 0.15) is 19.8 Å². The van der Waals surface area contributed by atoms with Gasteiger partial charge in [0.1, 0.15) is 0 Å². The molecule has 0 bridgehead atoms. The van der Waals surface area contributed by atoms with E-state index in [-0.39, 0.29) is 37.0 Å². The fraction of sp³-hybridized carbons (Fsp3) is 0.667. The van der Waals surface area contributed by atoms with Crippen molar-refractivity contribution in [1.82, 2.24) is 5.32 Å². The Morgan fingerprint density at radius 2 is 1.93 bits per heavy atom. The molecule has 0 saturated carbocycles. The number of Topliss-reactive ketones (excluding diaryl/α,β-unsaturated/α-hetero) is 1. The summed E-state index contributed by atoms with van der Waals surface area (Å²) in [5.41, 5.74) is 0. The Kier molecular flexibility index (Phi) is 6.77. The van der Waals surface area contributed by atoms with Crippen molar-refractivity contribution in [3.63, 3.8) is 0 Å². The van der Waals surface area contributed by atoms with E-state index >= 15 is 0 Å². The first-order chi connectivity index (χ1) is 6.97. The van der Waals surface area contributed by atoms with E-state index in [2.05, 4.69) is 17.9 Å². The zero-order chi connectivity index (χ0) is 11.8. The monoisotopic (exact) mass is 233 g/mol. The van der Waals surface area contributed by atoms with E-state index < -0.39 is 5.97 Å². The Balaban J connectivity index is 3.71. The van der Waals surface area contributed by atoms with Gasteiger partial charge in [0, 0.05) is 18.1 Å². The fourth-order valence-electron chi connectivity index (χ4n) is 0.778. The van der Waals surface area contributed by atoms with Crippen LogP contribution in [0.3, 0.4) is 0 Å². The molecule has 0 aliphatic carbocycles. The van der Waals surface area contributed by atoms with Crippen LogP contribution in [0.5, 0.6) is 0 Å². The minimum atomic E-state index is -1.02. The lowest BCUT2D eigenvalue weighted by Gasteiger charge is -2.08. The molecule has 5 nitrogen and oxygen atoms in total. The first-order valence-electron chi connectivity index (χ1n) is 4.59. The van der Waals surface area contributed by atoms with Gasteiger partial charge in [-0.1, -0.05) is 6.92 Å². The van der Waals surface area contributed by atoms with Gasteiger partial charge in [0.2, 0.25) is 5.91 Å². The van der Waals surface area contributed by atoms with Gasteiger partial charge in [-0.05, 0) is 0 Å². The van der Waals surface area contributed by atoms with Gasteiger partial charge in [0.25, 0.3) is 0 Å². The van der Waals surface area contributed by atoms with Crippen molar-refractivity contribution in [1.29, 1.82) is 0 Å². The molecule has 0 rings (SSSR count). The Morgan fingerprint density at radius 1 is 1.33 bits per heavy atom. The zero-order valence-corrected chi connectivity index (χ0v) is 9.42. The Hall–Kier alpha value is -1.04. The van der Waals surface area contributed by atoms with Gasteiger partial charge < -0.3 is 10.4 Å². The maximum atomic E-state index is 11.2. The quantitative estimate of drug-likeness (QED) is 0.545. The predicted octanol–water partition coefficient (Wildman–Crippen LogP) is 0.102. The molecule has 0 spiro atoms. The summed E-state index contributed by atoms with van der Waals surface area (Å²) in [5.74, 6) is -1.38. The number of thiol groups is 1. The average molecular weight is 233 g/mol. The molecule has 0 fully saturated rings. The molecule has 1 atom stereocenters. The second-order valence-electron chi connectivity index (χ2n) is 3.23. The van der Waals surface area contributed by atoms with Crippen LogP contribution in [0, 0.1) is 5.92 Å². The highest BCUT2D eigenvalue weighted by molar-refractivity contribution is 7.80. The highest BCUT2D eigenvalue weighted by Gasteiger charge is 2.12. The maximum absolute atomic E-state index is 11.2. The predicted molar refractivity (Wildman–Crippen MR) is 57.9 cm³/mol. The van der Waals surface area contributed by atoms with Gasteiger partial charge >= 0.3 is 5.97 Å². The molecule has 0 radical (unpaired) electrons. The molecule has 0 aromatic heterocycles. The molecule has 15 heavy (non-hydrogen) atoms. The molecule has 86 valence electrons. The van der Waals surface area contributed by atoms with Gasteiger partial charge in [-0.15, -0.1) is 0 Å². The van der Waals surface area contributed by atoms with E-state index in [1.54, 1.807) is 6.92 Å². The number of amides is 1. The number of nitrogens with one attached hydrogen (secondary N) is 1. The van der Waals surface area contributed by atoms with E-state index in [9.17, 15) is 14.4 Å². The Bertz CT molecular complexity index is 254. The molecule has 0 saturated heterocycles. The number of rotatable bonds is 7. The fourth-order valence-corrected chi connectivity index (χ4v) is 0.943. The maximum Gasteiger partial charge on any atom is 0.303 e. The highest BCUT2D eigenvalue weighted by Crippen LogP contribution is 1.97. The van der Waals surface area contributed by atoms with Crippen LogP contribution in [0.2, 0.25) is 0 Å². The van der Waals surface area contributed by atoms with Crippen LogP contribution in [-0.2, 0) is 14.4 Å². The molecule has 6 heteroatoms. The number of hydrogen-bond donors (Lipinski definition) is 3. The number of carbonyl (C=O) groups excluding carboxylic acids is 2. The van der Waals surface area contributed by atoms with E-state index in [4.69, 9.17) is 5.11 Å². The third-order valence-electron chi connectivity index (χ3n) is 1.80. The van der Waals surface area contributed by atoms with Crippen molar-refractivity contribution in [2.24, 2.45) is 5.92 Å². The first-order valence-corrected chi connectivity index (χ1v) is 5.22. The second kappa shape index (κ2) is 7.28. The summed E-state index contributed by atoms with van der Waals surface area (Å²) in [7, 11) is 0. The Morgan fingerprint density at radius 3 is 2.40 bits per heavy atom. The van der Waals surface area contributed by atoms with E-state index in [0.29, 0.717) is 5.75 Å². The van der Waals surface area contributed by atoms with Crippen molar-refractivity contribution in [3.05, 3.63) is 0 Å². The van der Waals surface area contributed by atoms with Crippen molar-refractivity contribution in [2.45, 2.75) is 19.8 Å². The highest BCUT2D eigenvalue weighted by atomic mass is 32.1. The molecular weight excluding hydrogens is 218 g/mol. The van der Waals surface area contributed by atoms with Crippen LogP contribution in [0.25, 0.3) is 0 Å². The number of hydrogen-bond acceptors (Lipinski definition) is 4. The van der Waals surface area contributed by atoms with Crippen LogP contribution in [-0.4, -0.2) is 35.1 Å². The summed E-state index contributed by atoms with van der Waals surface area (Å²) in [6.07, 6.45) is -0.248. The molecular formula is C9H15NO4S. The summed E-state index contributed by atoms with van der Waals surface area (Å²) in [6.45, 7) is 1.59.